The van der Waals surface area contributed by atoms with E-state index >= 15 is 0 Å². The number of amides is 1. The number of aromatic nitrogens is 1. The molecule has 2 heterocycles. The van der Waals surface area contributed by atoms with Crippen molar-refractivity contribution in [3.8, 4) is 0 Å². The highest BCUT2D eigenvalue weighted by Gasteiger charge is 2.22. The number of nitrogens with zero attached hydrogens (tertiary/aromatic N) is 2. The van der Waals surface area contributed by atoms with E-state index in [-0.39, 0.29) is 30.7 Å². The summed E-state index contributed by atoms with van der Waals surface area (Å²) in [5, 5.41) is 2.98. The minimum Gasteiger partial charge on any atom is -0.325 e. The largest absolute Gasteiger partial charge is 0.325 e. The van der Waals surface area contributed by atoms with Gasteiger partial charge in [0.05, 0.1) is 6.54 Å². The van der Waals surface area contributed by atoms with Gasteiger partial charge >= 0.3 is 0 Å². The van der Waals surface area contributed by atoms with E-state index in [1.165, 1.54) is 5.69 Å². The molecule has 136 valence electrons. The van der Waals surface area contributed by atoms with Crippen LogP contribution in [0.5, 0.6) is 0 Å². The topological polar surface area (TPSA) is 45.2 Å². The van der Waals surface area contributed by atoms with Gasteiger partial charge in [-0.25, -0.2) is 0 Å². The second-order valence-corrected chi connectivity index (χ2v) is 6.22. The standard InChI is InChI=1S/C19H23N3O.2ClH/c1-15-5-4-6-17(13-15)21-19(23)14-22-11-8-16(9-12-22)18-7-2-3-10-20-18;;/h2-7,10,13,16H,8-9,11-12,14H2,1H3,(H,21,23);2*1H. The highest BCUT2D eigenvalue weighted by atomic mass is 35.5. The molecule has 0 saturated carbocycles. The van der Waals surface area contributed by atoms with E-state index in [1.54, 1.807) is 0 Å². The molecule has 1 saturated heterocycles. The maximum Gasteiger partial charge on any atom is 0.238 e. The summed E-state index contributed by atoms with van der Waals surface area (Å²) in [5.41, 5.74) is 3.20. The number of carbonyl (C=O) groups excluding carboxylic acids is 1. The lowest BCUT2D eigenvalue weighted by atomic mass is 9.93. The third-order valence-electron chi connectivity index (χ3n) is 4.36. The zero-order valence-electron chi connectivity index (χ0n) is 14.4. The number of pyridine rings is 1. The zero-order chi connectivity index (χ0) is 16.1. The van der Waals surface area contributed by atoms with Crippen LogP contribution in [0.25, 0.3) is 0 Å². The van der Waals surface area contributed by atoms with Crippen LogP contribution in [0, 0.1) is 6.92 Å². The van der Waals surface area contributed by atoms with Gasteiger partial charge in [0.15, 0.2) is 0 Å². The molecule has 1 fully saturated rings. The number of rotatable bonds is 4. The summed E-state index contributed by atoms with van der Waals surface area (Å²) in [6.45, 7) is 4.38. The molecule has 0 spiro atoms. The molecule has 0 radical (unpaired) electrons. The van der Waals surface area contributed by atoms with Crippen LogP contribution >= 0.6 is 24.8 Å². The fourth-order valence-corrected chi connectivity index (χ4v) is 3.13. The molecule has 3 rings (SSSR count). The van der Waals surface area contributed by atoms with Gasteiger partial charge in [-0.05, 0) is 62.7 Å². The predicted octanol–water partition coefficient (Wildman–Crippen LogP) is 4.05. The Morgan fingerprint density at radius 1 is 1.16 bits per heavy atom. The summed E-state index contributed by atoms with van der Waals surface area (Å²) in [7, 11) is 0. The second-order valence-electron chi connectivity index (χ2n) is 6.22. The number of hydrogen-bond donors (Lipinski definition) is 1. The Hall–Kier alpha value is -1.62. The van der Waals surface area contributed by atoms with Crippen LogP contribution in [0.4, 0.5) is 5.69 Å². The fraction of sp³-hybridized carbons (Fsp3) is 0.368. The average molecular weight is 382 g/mol. The number of likely N-dealkylation sites (tertiary alicyclic amines) is 1. The first-order valence-corrected chi connectivity index (χ1v) is 8.20. The van der Waals surface area contributed by atoms with Gasteiger partial charge in [0.1, 0.15) is 0 Å². The molecule has 2 aromatic rings. The first-order valence-electron chi connectivity index (χ1n) is 8.20. The molecule has 0 aliphatic carbocycles. The Balaban J connectivity index is 0.00000156. The summed E-state index contributed by atoms with van der Waals surface area (Å²) in [4.78, 5) is 18.9. The molecule has 1 amide bonds. The lowest BCUT2D eigenvalue weighted by molar-refractivity contribution is -0.117. The van der Waals surface area contributed by atoms with Crippen LogP contribution in [0.3, 0.4) is 0 Å². The Morgan fingerprint density at radius 3 is 2.56 bits per heavy atom. The monoisotopic (exact) mass is 381 g/mol. The van der Waals surface area contributed by atoms with Crippen molar-refractivity contribution in [2.75, 3.05) is 25.0 Å². The van der Waals surface area contributed by atoms with E-state index in [2.05, 4.69) is 21.3 Å². The van der Waals surface area contributed by atoms with Gasteiger partial charge in [0, 0.05) is 23.5 Å². The van der Waals surface area contributed by atoms with E-state index in [1.807, 2.05) is 49.5 Å². The molecule has 1 aliphatic heterocycles. The van der Waals surface area contributed by atoms with E-state index in [4.69, 9.17) is 0 Å². The molecule has 25 heavy (non-hydrogen) atoms. The lowest BCUT2D eigenvalue weighted by Gasteiger charge is -2.31. The normalized spacial score (nSPS) is 14.9. The molecule has 1 aliphatic rings. The molecule has 0 bridgehead atoms. The van der Waals surface area contributed by atoms with Crippen LogP contribution in [-0.4, -0.2) is 35.4 Å². The molecule has 1 aromatic carbocycles. The summed E-state index contributed by atoms with van der Waals surface area (Å²) >= 11 is 0. The number of hydrogen-bond acceptors (Lipinski definition) is 3. The average Bonchev–Trinajstić information content (AvgIpc) is 2.56. The zero-order valence-corrected chi connectivity index (χ0v) is 16.0. The lowest BCUT2D eigenvalue weighted by Crippen LogP contribution is -2.38. The molecule has 0 unspecified atom stereocenters. The van der Waals surface area contributed by atoms with E-state index in [0.717, 1.165) is 37.2 Å². The highest BCUT2D eigenvalue weighted by molar-refractivity contribution is 5.92. The molecular formula is C19H25Cl2N3O. The summed E-state index contributed by atoms with van der Waals surface area (Å²) in [5.74, 6) is 0.583. The van der Waals surface area contributed by atoms with Crippen molar-refractivity contribution < 1.29 is 4.79 Å². The van der Waals surface area contributed by atoms with Crippen LogP contribution in [0.15, 0.2) is 48.7 Å². The van der Waals surface area contributed by atoms with Crippen molar-refractivity contribution >= 4 is 36.4 Å². The minimum absolute atomic E-state index is 0. The van der Waals surface area contributed by atoms with Crippen LogP contribution in [0.2, 0.25) is 0 Å². The third kappa shape index (κ3) is 6.31. The second kappa shape index (κ2) is 10.4. The van der Waals surface area contributed by atoms with E-state index in [0.29, 0.717) is 12.5 Å². The maximum atomic E-state index is 12.2. The first kappa shape index (κ1) is 21.4. The van der Waals surface area contributed by atoms with Gasteiger partial charge in [-0.1, -0.05) is 18.2 Å². The van der Waals surface area contributed by atoms with Crippen molar-refractivity contribution in [2.45, 2.75) is 25.7 Å². The molecule has 1 N–H and O–H groups in total. The number of halogens is 2. The SMILES string of the molecule is Cc1cccc(NC(=O)CN2CCC(c3ccccn3)CC2)c1.Cl.Cl. The van der Waals surface area contributed by atoms with Crippen LogP contribution < -0.4 is 5.32 Å². The molecule has 1 aromatic heterocycles. The number of nitrogens with one attached hydrogen (secondary N) is 1. The first-order chi connectivity index (χ1) is 11.2. The molecule has 4 nitrogen and oxygen atoms in total. The number of aryl methyl sites for hydroxylation is 1. The Morgan fingerprint density at radius 2 is 1.92 bits per heavy atom. The number of benzene rings is 1. The van der Waals surface area contributed by atoms with Gasteiger partial charge in [-0.2, -0.15) is 0 Å². The Labute approximate surface area is 161 Å². The van der Waals surface area contributed by atoms with Crippen LogP contribution in [0.1, 0.15) is 30.0 Å². The van der Waals surface area contributed by atoms with Crippen molar-refractivity contribution in [3.63, 3.8) is 0 Å². The van der Waals surface area contributed by atoms with Crippen molar-refractivity contribution in [1.29, 1.82) is 0 Å². The Bertz CT molecular complexity index is 659. The summed E-state index contributed by atoms with van der Waals surface area (Å²) < 4.78 is 0. The number of piperidine rings is 1. The smallest absolute Gasteiger partial charge is 0.238 e. The molecule has 0 atom stereocenters. The van der Waals surface area contributed by atoms with E-state index < -0.39 is 0 Å². The van der Waals surface area contributed by atoms with Gasteiger partial charge in [-0.15, -0.1) is 24.8 Å². The minimum atomic E-state index is 0. The van der Waals surface area contributed by atoms with Gasteiger partial charge in [0.25, 0.3) is 0 Å². The van der Waals surface area contributed by atoms with Crippen LogP contribution in [-0.2, 0) is 4.79 Å². The molecule has 6 heteroatoms. The van der Waals surface area contributed by atoms with Gasteiger partial charge < -0.3 is 5.32 Å². The Kier molecular flexibility index (Phi) is 8.90. The summed E-state index contributed by atoms with van der Waals surface area (Å²) in [6.07, 6.45) is 3.99. The highest BCUT2D eigenvalue weighted by Crippen LogP contribution is 2.26. The fourth-order valence-electron chi connectivity index (χ4n) is 3.13. The van der Waals surface area contributed by atoms with Gasteiger partial charge in [-0.3, -0.25) is 14.7 Å². The van der Waals surface area contributed by atoms with Gasteiger partial charge in [0.2, 0.25) is 5.91 Å². The maximum absolute atomic E-state index is 12.2. The quantitative estimate of drug-likeness (QED) is 0.868. The van der Waals surface area contributed by atoms with Crippen molar-refractivity contribution in [2.24, 2.45) is 0 Å². The third-order valence-corrected chi connectivity index (χ3v) is 4.36. The predicted molar refractivity (Wildman–Crippen MR) is 107 cm³/mol. The molecular weight excluding hydrogens is 357 g/mol. The number of anilines is 1. The summed E-state index contributed by atoms with van der Waals surface area (Å²) in [6, 6.07) is 14.0. The van der Waals surface area contributed by atoms with Crippen molar-refractivity contribution in [3.05, 3.63) is 59.9 Å². The van der Waals surface area contributed by atoms with Crippen molar-refractivity contribution in [1.82, 2.24) is 9.88 Å². The van der Waals surface area contributed by atoms with E-state index in [9.17, 15) is 4.79 Å². The number of carbonyl (C=O) groups is 1.